The van der Waals surface area contributed by atoms with Crippen LogP contribution in [0.2, 0.25) is 0 Å². The number of phenols is 2. The van der Waals surface area contributed by atoms with Crippen molar-refractivity contribution in [3.63, 3.8) is 0 Å². The molecule has 2 saturated heterocycles. The van der Waals surface area contributed by atoms with Gasteiger partial charge in [0.15, 0.2) is 5.82 Å². The van der Waals surface area contributed by atoms with Crippen LogP contribution in [0, 0.1) is 36.9 Å². The Morgan fingerprint density at radius 3 is 1.71 bits per heavy atom. The zero-order valence-corrected chi connectivity index (χ0v) is 41.1. The molecule has 0 bridgehead atoms. The van der Waals surface area contributed by atoms with Gasteiger partial charge in [0.05, 0.1) is 51.4 Å². The van der Waals surface area contributed by atoms with Crippen LogP contribution in [-0.2, 0) is 28.7 Å². The Kier molecular flexibility index (Phi) is 23.0. The summed E-state index contributed by atoms with van der Waals surface area (Å²) in [5.74, 6) is -3.66. The molecule has 0 atom stereocenters. The zero-order chi connectivity index (χ0) is 49.3. The van der Waals surface area contributed by atoms with Crippen molar-refractivity contribution in [3.8, 4) is 28.6 Å². The van der Waals surface area contributed by atoms with Crippen molar-refractivity contribution in [2.45, 2.75) is 51.9 Å². The van der Waals surface area contributed by atoms with Crippen molar-refractivity contribution < 1.29 is 95.9 Å². The van der Waals surface area contributed by atoms with E-state index in [0.29, 0.717) is 62.6 Å². The Bertz CT molecular complexity index is 2170. The Balaban J connectivity index is 0.0000104. The number of phenolic OH excluding ortho intramolecular Hbond substituents is 2. The van der Waals surface area contributed by atoms with Gasteiger partial charge >= 0.3 is 17.9 Å². The molecule has 5 rings (SSSR count). The number of aromatic nitrogens is 3. The summed E-state index contributed by atoms with van der Waals surface area (Å²) >= 11 is 0. The van der Waals surface area contributed by atoms with Gasteiger partial charge in [0.1, 0.15) is 11.5 Å². The first-order chi connectivity index (χ1) is 32.5. The summed E-state index contributed by atoms with van der Waals surface area (Å²) in [6.45, 7) is 9.27. The van der Waals surface area contributed by atoms with Gasteiger partial charge in [-0.3, -0.25) is 52.9 Å². The first-order valence-corrected chi connectivity index (χ1v) is 23.1. The van der Waals surface area contributed by atoms with E-state index in [-0.39, 0.29) is 162 Å². The number of rotatable bonds is 20. The van der Waals surface area contributed by atoms with Crippen LogP contribution in [0.4, 0.5) is 0 Å². The Morgan fingerprint density at radius 2 is 1.22 bits per heavy atom. The molecule has 22 nitrogen and oxygen atoms in total. The number of carbonyl (C=O) groups is 6. The molecule has 3 amide bonds. The minimum Gasteiger partial charge on any atom is -0.508 e. The zero-order valence-electron chi connectivity index (χ0n) is 39.4. The van der Waals surface area contributed by atoms with Crippen molar-refractivity contribution in [2.24, 2.45) is 0 Å². The quantitative estimate of drug-likeness (QED) is 0.0775. The van der Waals surface area contributed by atoms with E-state index in [1.807, 2.05) is 47.9 Å². The van der Waals surface area contributed by atoms with E-state index in [9.17, 15) is 54.3 Å². The van der Waals surface area contributed by atoms with Gasteiger partial charge in [-0.1, -0.05) is 26.0 Å². The topological polar surface area (TPSA) is 284 Å². The maximum absolute atomic E-state index is 13.1. The number of likely N-dealkylation sites (tertiary alicyclic amines) is 1. The van der Waals surface area contributed by atoms with Crippen molar-refractivity contribution in [1.29, 1.82) is 0 Å². The van der Waals surface area contributed by atoms with Crippen LogP contribution in [0.3, 0.4) is 0 Å². The summed E-state index contributed by atoms with van der Waals surface area (Å²) in [5.41, 5.74) is 2.61. The molecule has 0 aliphatic carbocycles. The van der Waals surface area contributed by atoms with Crippen molar-refractivity contribution in [2.75, 3.05) is 118 Å². The number of aliphatic carboxylic acids is 3. The summed E-state index contributed by atoms with van der Waals surface area (Å²) in [6, 6.07) is 10.6. The monoisotopic (exact) mass is 1130 g/mol. The van der Waals surface area contributed by atoms with Crippen LogP contribution < -0.4 is 10.6 Å². The molecule has 1 radical (unpaired) electrons. The van der Waals surface area contributed by atoms with E-state index in [0.717, 1.165) is 18.4 Å². The SMILES string of the molecule is CCNC(=O)c1nnc(-c2cc(C(C)C)c(O)cc2O)n1-c1ccc(C2CCN(C(=O)CCOCCNC(=O)CN3CCN(CC(=O)O)CCN(CC(=O)O)CCN(CC(=O)O)CC3)CC2)cc1.[Lu]. The fraction of sp³-hybridized carbons (Fsp3) is 0.565. The van der Waals surface area contributed by atoms with E-state index in [1.54, 1.807) is 32.3 Å². The third-order valence-electron chi connectivity index (χ3n) is 12.1. The van der Waals surface area contributed by atoms with Gasteiger partial charge in [0.25, 0.3) is 5.91 Å². The molecule has 3 aromatic rings. The van der Waals surface area contributed by atoms with E-state index in [4.69, 9.17) is 4.74 Å². The van der Waals surface area contributed by atoms with Crippen molar-refractivity contribution in [3.05, 3.63) is 53.3 Å². The molecule has 2 aliphatic heterocycles. The molecule has 387 valence electrons. The molecule has 2 aliphatic rings. The average Bonchev–Trinajstić information content (AvgIpc) is 3.73. The van der Waals surface area contributed by atoms with Gasteiger partial charge < -0.3 is 45.8 Å². The normalized spacial score (nSPS) is 16.3. The number of hydrogen-bond donors (Lipinski definition) is 7. The molecular formula is C46H66LuN10O12. The van der Waals surface area contributed by atoms with E-state index < -0.39 is 23.8 Å². The first-order valence-electron chi connectivity index (χ1n) is 23.1. The number of carboxylic acids is 3. The molecule has 0 unspecified atom stereocenters. The summed E-state index contributed by atoms with van der Waals surface area (Å²) < 4.78 is 7.28. The molecule has 3 heterocycles. The van der Waals surface area contributed by atoms with Gasteiger partial charge in [-0.15, -0.1) is 10.2 Å². The van der Waals surface area contributed by atoms with Crippen LogP contribution in [0.1, 0.15) is 73.6 Å². The number of carbonyl (C=O) groups excluding carboxylic acids is 3. The second-order valence-corrected chi connectivity index (χ2v) is 17.4. The van der Waals surface area contributed by atoms with E-state index >= 15 is 0 Å². The number of ether oxygens (including phenoxy) is 1. The second kappa shape index (κ2) is 28.0. The Hall–Kier alpha value is -4.97. The third kappa shape index (κ3) is 17.4. The summed E-state index contributed by atoms with van der Waals surface area (Å²) in [4.78, 5) is 82.5. The maximum atomic E-state index is 13.1. The van der Waals surface area contributed by atoms with Gasteiger partial charge in [0.2, 0.25) is 17.6 Å². The molecule has 2 aromatic carbocycles. The van der Waals surface area contributed by atoms with Crippen LogP contribution in [0.15, 0.2) is 36.4 Å². The largest absolute Gasteiger partial charge is 0.508 e. The summed E-state index contributed by atoms with van der Waals surface area (Å²) in [5, 5.41) is 63.7. The number of benzene rings is 2. The Labute approximate surface area is 430 Å². The molecule has 0 spiro atoms. The fourth-order valence-electron chi connectivity index (χ4n) is 8.41. The van der Waals surface area contributed by atoms with Crippen molar-refractivity contribution in [1.82, 2.24) is 49.9 Å². The maximum Gasteiger partial charge on any atom is 0.317 e. The molecule has 1 aromatic heterocycles. The van der Waals surface area contributed by atoms with Gasteiger partial charge in [-0.25, -0.2) is 0 Å². The second-order valence-electron chi connectivity index (χ2n) is 17.4. The van der Waals surface area contributed by atoms with Gasteiger partial charge in [-0.2, -0.15) is 0 Å². The number of amides is 3. The number of aromatic hydroxyl groups is 2. The smallest absolute Gasteiger partial charge is 0.317 e. The van der Waals surface area contributed by atoms with E-state index in [2.05, 4.69) is 20.8 Å². The summed E-state index contributed by atoms with van der Waals surface area (Å²) in [7, 11) is 0. The fourth-order valence-corrected chi connectivity index (χ4v) is 8.41. The predicted molar refractivity (Wildman–Crippen MR) is 248 cm³/mol. The molecule has 69 heavy (non-hydrogen) atoms. The van der Waals surface area contributed by atoms with Crippen LogP contribution in [-0.4, -0.2) is 218 Å². The van der Waals surface area contributed by atoms with Gasteiger partial charge in [0, 0.05) is 127 Å². The minimum absolute atomic E-state index is 0. The van der Waals surface area contributed by atoms with Crippen LogP contribution in [0.25, 0.3) is 17.1 Å². The third-order valence-corrected chi connectivity index (χ3v) is 12.1. The van der Waals surface area contributed by atoms with E-state index in [1.165, 1.54) is 6.07 Å². The van der Waals surface area contributed by atoms with Crippen LogP contribution >= 0.6 is 0 Å². The van der Waals surface area contributed by atoms with Crippen LogP contribution in [0.5, 0.6) is 11.5 Å². The molecule has 7 N–H and O–H groups in total. The van der Waals surface area contributed by atoms with Crippen molar-refractivity contribution >= 4 is 35.6 Å². The minimum atomic E-state index is -1.04. The molecular weight excluding hydrogens is 1060 g/mol. The Morgan fingerprint density at radius 1 is 0.696 bits per heavy atom. The number of nitrogens with one attached hydrogen (secondary N) is 2. The standard InChI is InChI=1S/C46H66N10O12.Lu/c1-4-47-46(67)45-50-49-44(36-25-35(31(2)3)37(57)26-38(36)58)56(45)34-7-5-32(6-8-34)33-9-13-55(14-10-33)40(60)11-23-68-24-12-48-39(59)27-51-15-17-52(28-41(61)62)19-21-54(30-43(65)66)22-20-53(18-16-51)29-42(63)64;/h5-8,25-26,31,33,57-58H,4,9-24,27-30H2,1-3H3,(H,47,67)(H,48,59)(H,61,62)(H,63,64)(H,65,66);. The summed E-state index contributed by atoms with van der Waals surface area (Å²) in [6.07, 6.45) is 1.67. The number of hydrogen-bond acceptors (Lipinski definition) is 15. The van der Waals surface area contributed by atoms with Gasteiger partial charge in [-0.05, 0) is 60.9 Å². The molecule has 2 fully saturated rings. The average molecular weight is 1130 g/mol. The predicted octanol–water partition coefficient (Wildman–Crippen LogP) is 0.923. The molecule has 0 saturated carbocycles. The number of carboxylic acid groups (broad SMARTS) is 3. The molecule has 23 heteroatoms. The number of nitrogens with zero attached hydrogens (tertiary/aromatic N) is 8. The number of piperidine rings is 1. The first kappa shape index (κ1) is 56.6.